The van der Waals surface area contributed by atoms with Crippen LogP contribution in [0.1, 0.15) is 6.92 Å². The van der Waals surface area contributed by atoms with Crippen LogP contribution in [-0.2, 0) is 6.54 Å². The summed E-state index contributed by atoms with van der Waals surface area (Å²) < 4.78 is 18.2. The highest BCUT2D eigenvalue weighted by Crippen LogP contribution is 2.41. The monoisotopic (exact) mass is 405 g/mol. The van der Waals surface area contributed by atoms with Gasteiger partial charge in [-0.3, -0.25) is 0 Å². The lowest BCUT2D eigenvalue weighted by Gasteiger charge is -2.10. The molecule has 5 aromatic rings. The van der Waals surface area contributed by atoms with Crippen molar-refractivity contribution in [3.8, 4) is 23.0 Å². The summed E-state index contributed by atoms with van der Waals surface area (Å²) >= 11 is 0. The molecule has 30 heavy (non-hydrogen) atoms. The van der Waals surface area contributed by atoms with E-state index in [1.807, 2.05) is 23.6 Å². The van der Waals surface area contributed by atoms with E-state index in [0.717, 1.165) is 21.7 Å². The fraction of sp³-hybridized carbons (Fsp3) is 0.174. The van der Waals surface area contributed by atoms with Crippen molar-refractivity contribution in [2.75, 3.05) is 14.2 Å². The van der Waals surface area contributed by atoms with Crippen molar-refractivity contribution in [1.29, 1.82) is 0 Å². The lowest BCUT2D eigenvalue weighted by atomic mass is 10.0. The standard InChI is InChI=1S/C23H19NO6/c1-4-24-21-12(6-5-11-7-15(25)18(28-2)8-13(11)21)20-22(24)14-9-19(29-3)16(26)10-17(14)30-23(20)27/h5-10,25-26H,4H2,1-3H3. The van der Waals surface area contributed by atoms with E-state index >= 15 is 0 Å². The van der Waals surface area contributed by atoms with Crippen LogP contribution in [0.5, 0.6) is 23.0 Å². The van der Waals surface area contributed by atoms with Crippen LogP contribution >= 0.6 is 0 Å². The van der Waals surface area contributed by atoms with Gasteiger partial charge in [0.1, 0.15) is 5.58 Å². The molecule has 0 radical (unpaired) electrons. The van der Waals surface area contributed by atoms with E-state index in [4.69, 9.17) is 13.9 Å². The number of phenols is 2. The Bertz CT molecular complexity index is 1540. The number of nitrogens with zero attached hydrogens (tertiary/aromatic N) is 1. The van der Waals surface area contributed by atoms with Gasteiger partial charge < -0.3 is 28.7 Å². The lowest BCUT2D eigenvalue weighted by molar-refractivity contribution is 0.373. The van der Waals surface area contributed by atoms with Gasteiger partial charge in [0.15, 0.2) is 23.0 Å². The first-order chi connectivity index (χ1) is 14.5. The van der Waals surface area contributed by atoms with E-state index in [0.29, 0.717) is 34.3 Å². The number of methoxy groups -OCH3 is 2. The van der Waals surface area contributed by atoms with Crippen molar-refractivity contribution in [3.05, 3.63) is 46.8 Å². The van der Waals surface area contributed by atoms with Gasteiger partial charge in [0.2, 0.25) is 0 Å². The molecule has 0 atom stereocenters. The van der Waals surface area contributed by atoms with Crippen LogP contribution in [0.25, 0.3) is 43.5 Å². The van der Waals surface area contributed by atoms with E-state index in [1.54, 1.807) is 18.2 Å². The molecule has 0 spiro atoms. The van der Waals surface area contributed by atoms with E-state index in [9.17, 15) is 15.0 Å². The summed E-state index contributed by atoms with van der Waals surface area (Å²) in [6.45, 7) is 2.58. The molecule has 152 valence electrons. The van der Waals surface area contributed by atoms with E-state index in [-0.39, 0.29) is 17.1 Å². The first-order valence-electron chi connectivity index (χ1n) is 9.47. The second-order valence-electron chi connectivity index (χ2n) is 7.08. The van der Waals surface area contributed by atoms with Crippen LogP contribution in [0, 0.1) is 0 Å². The summed E-state index contributed by atoms with van der Waals surface area (Å²) in [5.41, 5.74) is 1.35. The number of aryl methyl sites for hydroxylation is 1. The van der Waals surface area contributed by atoms with Crippen LogP contribution in [-0.4, -0.2) is 29.0 Å². The maximum atomic E-state index is 13.0. The highest BCUT2D eigenvalue weighted by Gasteiger charge is 2.21. The third-order valence-corrected chi connectivity index (χ3v) is 5.60. The van der Waals surface area contributed by atoms with Crippen LogP contribution in [0.3, 0.4) is 0 Å². The van der Waals surface area contributed by atoms with Gasteiger partial charge >= 0.3 is 5.63 Å². The lowest BCUT2D eigenvalue weighted by Crippen LogP contribution is -2.01. The zero-order chi connectivity index (χ0) is 21.2. The fourth-order valence-corrected chi connectivity index (χ4v) is 4.29. The molecular weight excluding hydrogens is 386 g/mol. The van der Waals surface area contributed by atoms with Gasteiger partial charge in [-0.1, -0.05) is 12.1 Å². The van der Waals surface area contributed by atoms with Crippen molar-refractivity contribution >= 4 is 43.5 Å². The maximum absolute atomic E-state index is 13.0. The SMILES string of the molecule is CCn1c2c3cc(OC)c(O)cc3ccc2c2c(=O)oc3cc(O)c(OC)cc3c21. The van der Waals surface area contributed by atoms with Gasteiger partial charge in [-0.05, 0) is 30.5 Å². The molecule has 2 aromatic heterocycles. The Labute approximate surface area is 170 Å². The van der Waals surface area contributed by atoms with Gasteiger partial charge in [0.05, 0.1) is 30.6 Å². The number of phenolic OH excluding ortho intramolecular Hbond substituents is 2. The number of rotatable bonds is 3. The van der Waals surface area contributed by atoms with Crippen LogP contribution in [0.2, 0.25) is 0 Å². The molecule has 0 saturated carbocycles. The number of benzene rings is 3. The van der Waals surface area contributed by atoms with E-state index in [1.165, 1.54) is 20.3 Å². The number of aromatic hydroxyl groups is 2. The van der Waals surface area contributed by atoms with Gasteiger partial charge in [0, 0.05) is 28.8 Å². The topological polar surface area (TPSA) is 94.1 Å². The Morgan fingerprint density at radius 2 is 1.57 bits per heavy atom. The fourth-order valence-electron chi connectivity index (χ4n) is 4.29. The molecule has 0 aliphatic rings. The van der Waals surface area contributed by atoms with E-state index < -0.39 is 5.63 Å². The predicted octanol–water partition coefficient (Wildman–Crippen LogP) is 4.50. The summed E-state index contributed by atoms with van der Waals surface area (Å²) in [4.78, 5) is 13.0. The first-order valence-corrected chi connectivity index (χ1v) is 9.47. The zero-order valence-corrected chi connectivity index (χ0v) is 16.6. The molecule has 0 amide bonds. The average Bonchev–Trinajstić information content (AvgIpc) is 3.08. The molecule has 0 fully saturated rings. The minimum Gasteiger partial charge on any atom is -0.504 e. The molecule has 3 aromatic carbocycles. The molecule has 0 bridgehead atoms. The second-order valence-corrected chi connectivity index (χ2v) is 7.08. The van der Waals surface area contributed by atoms with Crippen molar-refractivity contribution < 1.29 is 24.1 Å². The van der Waals surface area contributed by atoms with Crippen molar-refractivity contribution in [2.24, 2.45) is 0 Å². The molecule has 0 unspecified atom stereocenters. The Balaban J connectivity index is 2.09. The maximum Gasteiger partial charge on any atom is 0.346 e. The predicted molar refractivity (Wildman–Crippen MR) is 115 cm³/mol. The smallest absolute Gasteiger partial charge is 0.346 e. The number of ether oxygens (including phenoxy) is 2. The molecule has 7 heteroatoms. The molecule has 0 aliphatic carbocycles. The van der Waals surface area contributed by atoms with Crippen LogP contribution < -0.4 is 15.1 Å². The number of hydrogen-bond donors (Lipinski definition) is 2. The van der Waals surface area contributed by atoms with Gasteiger partial charge in [-0.25, -0.2) is 4.79 Å². The summed E-state index contributed by atoms with van der Waals surface area (Å²) in [5, 5.41) is 23.8. The molecule has 7 nitrogen and oxygen atoms in total. The highest BCUT2D eigenvalue weighted by molar-refractivity contribution is 6.22. The Morgan fingerprint density at radius 3 is 2.23 bits per heavy atom. The number of hydrogen-bond acceptors (Lipinski definition) is 6. The second kappa shape index (κ2) is 6.32. The number of fused-ring (bicyclic) bond motifs is 7. The zero-order valence-electron chi connectivity index (χ0n) is 16.6. The minimum atomic E-state index is -0.482. The molecule has 2 N–H and O–H groups in total. The molecule has 0 aliphatic heterocycles. The minimum absolute atomic E-state index is 0.0497. The van der Waals surface area contributed by atoms with E-state index in [2.05, 4.69) is 0 Å². The summed E-state index contributed by atoms with van der Waals surface area (Å²) in [7, 11) is 2.97. The quantitative estimate of drug-likeness (QED) is 0.429. The van der Waals surface area contributed by atoms with Gasteiger partial charge in [0.25, 0.3) is 0 Å². The van der Waals surface area contributed by atoms with Gasteiger partial charge in [-0.2, -0.15) is 0 Å². The molecular formula is C23H19NO6. The van der Waals surface area contributed by atoms with Crippen LogP contribution in [0.15, 0.2) is 45.6 Å². The van der Waals surface area contributed by atoms with Crippen LogP contribution in [0.4, 0.5) is 0 Å². The normalized spacial score (nSPS) is 11.7. The third kappa shape index (κ3) is 2.29. The van der Waals surface area contributed by atoms with Crippen molar-refractivity contribution in [3.63, 3.8) is 0 Å². The van der Waals surface area contributed by atoms with Crippen molar-refractivity contribution in [1.82, 2.24) is 4.57 Å². The molecule has 5 rings (SSSR count). The summed E-state index contributed by atoms with van der Waals surface area (Å²) in [5.74, 6) is 0.597. The third-order valence-electron chi connectivity index (χ3n) is 5.60. The van der Waals surface area contributed by atoms with Crippen molar-refractivity contribution in [2.45, 2.75) is 13.5 Å². The largest absolute Gasteiger partial charge is 0.504 e. The Hall–Kier alpha value is -3.87. The Kier molecular flexibility index (Phi) is 3.83. The average molecular weight is 405 g/mol. The molecule has 0 saturated heterocycles. The highest BCUT2D eigenvalue weighted by atomic mass is 16.5. The number of aromatic nitrogens is 1. The molecule has 2 heterocycles. The first kappa shape index (κ1) is 18.2. The van der Waals surface area contributed by atoms with Gasteiger partial charge in [-0.15, -0.1) is 0 Å². The summed E-state index contributed by atoms with van der Waals surface area (Å²) in [6.07, 6.45) is 0. The summed E-state index contributed by atoms with van der Waals surface area (Å²) in [6, 6.07) is 10.2. The Morgan fingerprint density at radius 1 is 0.900 bits per heavy atom.